The van der Waals surface area contributed by atoms with E-state index >= 15 is 0 Å². The molecule has 2 atom stereocenters. The Morgan fingerprint density at radius 2 is 1.92 bits per heavy atom. The van der Waals surface area contributed by atoms with Crippen molar-refractivity contribution >= 4 is 29.5 Å². The van der Waals surface area contributed by atoms with Crippen molar-refractivity contribution in [1.82, 2.24) is 35.4 Å². The van der Waals surface area contributed by atoms with Crippen LogP contribution in [0.5, 0.6) is 0 Å². The average Bonchev–Trinajstić information content (AvgIpc) is 3.49. The van der Waals surface area contributed by atoms with E-state index in [1.807, 2.05) is 0 Å². The molecule has 0 radical (unpaired) electrons. The molecule has 1 aromatic heterocycles. The number of carbonyl (C=O) groups excluding carboxylic acids is 5. The van der Waals surface area contributed by atoms with Crippen molar-refractivity contribution in [3.63, 3.8) is 0 Å². The Kier molecular flexibility index (Phi) is 6.25. The summed E-state index contributed by atoms with van der Waals surface area (Å²) in [6.45, 7) is 3.30. The third kappa shape index (κ3) is 4.45. The topological polar surface area (TPSA) is 147 Å². The smallest absolute Gasteiger partial charge is 0.274 e. The van der Waals surface area contributed by atoms with Gasteiger partial charge in [-0.15, -0.1) is 5.10 Å². The maximum atomic E-state index is 12.9. The van der Waals surface area contributed by atoms with E-state index < -0.39 is 23.9 Å². The van der Waals surface area contributed by atoms with Crippen LogP contribution in [0.1, 0.15) is 65.4 Å². The second-order valence-electron chi connectivity index (χ2n) is 9.37. The Bertz CT molecular complexity index is 1250. The van der Waals surface area contributed by atoms with E-state index in [4.69, 9.17) is 0 Å². The fraction of sp³-hybridized carbons (Fsp3) is 0.458. The van der Waals surface area contributed by atoms with Gasteiger partial charge in [0.25, 0.3) is 11.8 Å². The van der Waals surface area contributed by atoms with Gasteiger partial charge in [-0.2, -0.15) is 0 Å². The van der Waals surface area contributed by atoms with Gasteiger partial charge < -0.3 is 15.1 Å². The number of nitrogens with one attached hydrogen (secondary N) is 2. The third-order valence-electron chi connectivity index (χ3n) is 6.88. The van der Waals surface area contributed by atoms with Crippen LogP contribution >= 0.6 is 0 Å². The first kappa shape index (κ1) is 23.6. The Hall–Kier alpha value is -4.09. The minimum Gasteiger partial charge on any atom is -0.341 e. The average molecular weight is 494 g/mol. The summed E-state index contributed by atoms with van der Waals surface area (Å²) in [4.78, 5) is 65.1. The molecular formula is C24H27N7O5. The summed E-state index contributed by atoms with van der Waals surface area (Å²) < 4.78 is 1.42. The fourth-order valence-electron chi connectivity index (χ4n) is 4.92. The minimum atomic E-state index is -0.692. The molecule has 3 aliphatic heterocycles. The summed E-state index contributed by atoms with van der Waals surface area (Å²) in [6.07, 6.45) is 4.99. The Morgan fingerprint density at radius 3 is 2.67 bits per heavy atom. The fourth-order valence-corrected chi connectivity index (χ4v) is 4.92. The highest BCUT2D eigenvalue weighted by atomic mass is 16.2. The monoisotopic (exact) mass is 493 g/mol. The van der Waals surface area contributed by atoms with Gasteiger partial charge in [-0.05, 0) is 56.4 Å². The molecular weight excluding hydrogens is 466 g/mol. The zero-order valence-electron chi connectivity index (χ0n) is 19.9. The van der Waals surface area contributed by atoms with E-state index in [0.29, 0.717) is 29.9 Å². The normalized spacial score (nSPS) is 20.7. The number of fused-ring (bicyclic) bond motifs is 1. The molecule has 3 aliphatic rings. The van der Waals surface area contributed by atoms with Crippen LogP contribution < -0.4 is 10.6 Å². The molecule has 4 heterocycles. The van der Waals surface area contributed by atoms with E-state index in [2.05, 4.69) is 20.9 Å². The van der Waals surface area contributed by atoms with Crippen molar-refractivity contribution in [2.45, 2.75) is 57.7 Å². The lowest BCUT2D eigenvalue weighted by molar-refractivity contribution is -0.137. The molecule has 36 heavy (non-hydrogen) atoms. The van der Waals surface area contributed by atoms with Crippen LogP contribution in [0.3, 0.4) is 0 Å². The van der Waals surface area contributed by atoms with Gasteiger partial charge in [0, 0.05) is 31.6 Å². The molecule has 188 valence electrons. The first-order valence-corrected chi connectivity index (χ1v) is 12.1. The zero-order chi connectivity index (χ0) is 25.4. The van der Waals surface area contributed by atoms with Crippen molar-refractivity contribution in [1.29, 1.82) is 0 Å². The Labute approximate surface area is 207 Å². The third-order valence-corrected chi connectivity index (χ3v) is 6.88. The van der Waals surface area contributed by atoms with Crippen LogP contribution in [0.15, 0.2) is 24.4 Å². The summed E-state index contributed by atoms with van der Waals surface area (Å²) in [5, 5.41) is 13.0. The second-order valence-corrected chi connectivity index (χ2v) is 9.37. The van der Waals surface area contributed by atoms with Gasteiger partial charge in [0.2, 0.25) is 17.7 Å². The van der Waals surface area contributed by atoms with Crippen molar-refractivity contribution in [3.05, 3.63) is 41.2 Å². The van der Waals surface area contributed by atoms with Gasteiger partial charge in [-0.25, -0.2) is 4.68 Å². The summed E-state index contributed by atoms with van der Waals surface area (Å²) in [5.74, 6) is -1.68. The molecule has 1 unspecified atom stereocenters. The van der Waals surface area contributed by atoms with Gasteiger partial charge in [0.1, 0.15) is 12.1 Å². The van der Waals surface area contributed by atoms with E-state index in [9.17, 15) is 24.0 Å². The number of piperidine rings is 2. The van der Waals surface area contributed by atoms with Crippen LogP contribution in [0.2, 0.25) is 0 Å². The van der Waals surface area contributed by atoms with Crippen LogP contribution in [0, 0.1) is 0 Å². The number of benzene rings is 1. The number of aromatic nitrogens is 3. The lowest BCUT2D eigenvalue weighted by atomic mass is 10.0. The highest BCUT2D eigenvalue weighted by Crippen LogP contribution is 2.29. The predicted molar refractivity (Wildman–Crippen MR) is 125 cm³/mol. The number of amides is 5. The summed E-state index contributed by atoms with van der Waals surface area (Å²) in [6, 6.07) is 3.73. The predicted octanol–water partition coefficient (Wildman–Crippen LogP) is 0.159. The highest BCUT2D eigenvalue weighted by molar-refractivity contribution is 6.05. The molecule has 0 bridgehead atoms. The van der Waals surface area contributed by atoms with Crippen LogP contribution in [0.4, 0.5) is 0 Å². The second kappa shape index (κ2) is 9.51. The lowest BCUT2D eigenvalue weighted by Gasteiger charge is -2.29. The molecule has 1 aromatic carbocycles. The molecule has 12 nitrogen and oxygen atoms in total. The number of likely N-dealkylation sites (tertiary alicyclic amines) is 1. The molecule has 2 aromatic rings. The van der Waals surface area contributed by atoms with Crippen molar-refractivity contribution in [2.24, 2.45) is 0 Å². The molecule has 2 N–H and O–H groups in total. The zero-order valence-corrected chi connectivity index (χ0v) is 19.9. The number of rotatable bonds is 5. The number of nitrogens with zero attached hydrogens (tertiary/aromatic N) is 5. The molecule has 0 aliphatic carbocycles. The SMILES string of the molecule is C[C@H](NC(=O)c1cn(-c2ccc3c(c2)CN(C2CCC(=O)NC2=O)C3=O)nn1)C(=O)N1CCCCC1. The van der Waals surface area contributed by atoms with Gasteiger partial charge in [0.15, 0.2) is 5.69 Å². The number of carbonyl (C=O) groups is 5. The maximum Gasteiger partial charge on any atom is 0.274 e. The van der Waals surface area contributed by atoms with Crippen LogP contribution in [0.25, 0.3) is 5.69 Å². The molecule has 2 saturated heterocycles. The van der Waals surface area contributed by atoms with Crippen molar-refractivity contribution in [3.8, 4) is 5.69 Å². The van der Waals surface area contributed by atoms with Gasteiger partial charge in [-0.3, -0.25) is 29.3 Å². The van der Waals surface area contributed by atoms with E-state index in [1.165, 1.54) is 15.8 Å². The van der Waals surface area contributed by atoms with Crippen molar-refractivity contribution < 1.29 is 24.0 Å². The Balaban J connectivity index is 1.26. The van der Waals surface area contributed by atoms with E-state index in [0.717, 1.165) is 19.3 Å². The molecule has 5 amide bonds. The van der Waals surface area contributed by atoms with Crippen LogP contribution in [-0.2, 0) is 20.9 Å². The highest BCUT2D eigenvalue weighted by Gasteiger charge is 2.39. The van der Waals surface area contributed by atoms with Gasteiger partial charge >= 0.3 is 0 Å². The summed E-state index contributed by atoms with van der Waals surface area (Å²) in [5.41, 5.74) is 1.85. The number of imide groups is 1. The van der Waals surface area contributed by atoms with E-state index in [1.54, 1.807) is 30.0 Å². The summed E-state index contributed by atoms with van der Waals surface area (Å²) >= 11 is 0. The largest absolute Gasteiger partial charge is 0.341 e. The van der Waals surface area contributed by atoms with Crippen molar-refractivity contribution in [2.75, 3.05) is 13.1 Å². The summed E-state index contributed by atoms with van der Waals surface area (Å²) in [7, 11) is 0. The standard InChI is InChI=1S/C24H27N7O5/c1-14(23(35)29-9-3-2-4-10-29)25-21(33)18-13-31(28-27-18)16-5-6-17-15(11-16)12-30(24(17)36)19-7-8-20(32)26-22(19)34/h5-6,11,13-14,19H,2-4,7-10,12H2,1H3,(H,25,33)(H,26,32,34)/t14-,19?/m0/s1. The van der Waals surface area contributed by atoms with Gasteiger partial charge in [0.05, 0.1) is 11.9 Å². The number of hydrogen-bond acceptors (Lipinski definition) is 7. The lowest BCUT2D eigenvalue weighted by Crippen LogP contribution is -2.52. The molecule has 5 rings (SSSR count). The number of hydrogen-bond donors (Lipinski definition) is 2. The molecule has 2 fully saturated rings. The van der Waals surface area contributed by atoms with E-state index in [-0.39, 0.29) is 42.8 Å². The first-order valence-electron chi connectivity index (χ1n) is 12.1. The Morgan fingerprint density at radius 1 is 1.14 bits per heavy atom. The maximum absolute atomic E-state index is 12.9. The quantitative estimate of drug-likeness (QED) is 0.564. The van der Waals surface area contributed by atoms with Gasteiger partial charge in [-0.1, -0.05) is 5.21 Å². The molecule has 12 heteroatoms. The molecule has 0 saturated carbocycles. The first-order chi connectivity index (χ1) is 17.3. The molecule has 0 spiro atoms. The minimum absolute atomic E-state index is 0.0649. The van der Waals surface area contributed by atoms with Crippen LogP contribution in [-0.4, -0.2) is 79.5 Å².